The molecule has 15 nitrogen and oxygen atoms in total. The van der Waals surface area contributed by atoms with Crippen molar-refractivity contribution in [3.63, 3.8) is 0 Å². The summed E-state index contributed by atoms with van der Waals surface area (Å²) in [7, 11) is -0.744. The Kier molecular flexibility index (Phi) is 19.9. The molecule has 0 radical (unpaired) electrons. The number of benzene rings is 2. The van der Waals surface area contributed by atoms with Crippen molar-refractivity contribution < 1.29 is 46.5 Å². The van der Waals surface area contributed by atoms with Crippen molar-refractivity contribution >= 4 is 51.0 Å². The maximum Gasteiger partial charge on any atom is 0.359 e. The lowest BCUT2D eigenvalue weighted by Crippen LogP contribution is -2.48. The first-order valence-electron chi connectivity index (χ1n) is 22.0. The fourth-order valence-corrected chi connectivity index (χ4v) is 8.98. The van der Waals surface area contributed by atoms with Gasteiger partial charge in [0.2, 0.25) is 0 Å². The summed E-state index contributed by atoms with van der Waals surface area (Å²) in [6.45, 7) is 6.16. The van der Waals surface area contributed by atoms with Gasteiger partial charge in [-0.05, 0) is 42.7 Å². The molecule has 1 aliphatic rings. The van der Waals surface area contributed by atoms with Crippen LogP contribution in [0, 0.1) is 5.92 Å². The number of ether oxygens (including phenoxy) is 4. The van der Waals surface area contributed by atoms with Crippen LogP contribution in [0.1, 0.15) is 161 Å². The number of anilines is 1. The van der Waals surface area contributed by atoms with Crippen molar-refractivity contribution in [3.8, 4) is 5.75 Å². The molecule has 2 heterocycles. The molecule has 0 saturated heterocycles. The van der Waals surface area contributed by atoms with Crippen molar-refractivity contribution in [1.82, 2.24) is 13.9 Å². The number of para-hydroxylation sites is 1. The molecule has 0 fully saturated rings. The molecule has 0 bridgehead atoms. The van der Waals surface area contributed by atoms with Gasteiger partial charge < -0.3 is 28.8 Å². The average Bonchev–Trinajstić information content (AvgIpc) is 3.70. The zero-order chi connectivity index (χ0) is 45.1. The highest BCUT2D eigenvalue weighted by molar-refractivity contribution is 7.90. The smallest absolute Gasteiger partial charge is 0.359 e. The van der Waals surface area contributed by atoms with Crippen LogP contribution in [0.4, 0.5) is 11.4 Å². The minimum atomic E-state index is -4.31. The molecule has 16 heteroatoms. The van der Waals surface area contributed by atoms with Gasteiger partial charge in [0.25, 0.3) is 15.9 Å². The number of carbonyl (C=O) groups excluding carboxylic acids is 4. The van der Waals surface area contributed by atoms with Crippen molar-refractivity contribution in [2.75, 3.05) is 39.8 Å². The van der Waals surface area contributed by atoms with Gasteiger partial charge in [0.1, 0.15) is 10.6 Å². The van der Waals surface area contributed by atoms with E-state index in [1.165, 1.54) is 102 Å². The number of amidine groups is 1. The highest BCUT2D eigenvalue weighted by Crippen LogP contribution is 2.37. The molecular formula is C46H65N5O10S. The molecule has 1 atom stereocenters. The second-order valence-corrected chi connectivity index (χ2v) is 17.8. The largest absolute Gasteiger partial charge is 0.495 e. The summed E-state index contributed by atoms with van der Waals surface area (Å²) < 4.78 is 52.1. The Bertz CT molecular complexity index is 2100. The van der Waals surface area contributed by atoms with E-state index in [1.54, 1.807) is 12.1 Å². The van der Waals surface area contributed by atoms with E-state index in [0.29, 0.717) is 6.42 Å². The number of nitrogens with zero attached hydrogens (tertiary/aromatic N) is 4. The van der Waals surface area contributed by atoms with Crippen LogP contribution in [0.25, 0.3) is 0 Å². The maximum atomic E-state index is 14.9. The van der Waals surface area contributed by atoms with Gasteiger partial charge in [-0.1, -0.05) is 129 Å². The Morgan fingerprint density at radius 3 is 1.89 bits per heavy atom. The van der Waals surface area contributed by atoms with E-state index < -0.39 is 51.3 Å². The molecule has 62 heavy (non-hydrogen) atoms. The first-order chi connectivity index (χ1) is 29.9. The van der Waals surface area contributed by atoms with Gasteiger partial charge in [0.05, 0.1) is 51.2 Å². The summed E-state index contributed by atoms with van der Waals surface area (Å²) in [6.07, 6.45) is 19.4. The third-order valence-electron chi connectivity index (χ3n) is 10.7. The fourth-order valence-electron chi connectivity index (χ4n) is 7.35. The van der Waals surface area contributed by atoms with Crippen LogP contribution in [-0.4, -0.2) is 86.4 Å². The molecule has 3 aromatic rings. The summed E-state index contributed by atoms with van der Waals surface area (Å²) in [5, 5.41) is 2.76. The van der Waals surface area contributed by atoms with E-state index in [9.17, 15) is 27.6 Å². The Morgan fingerprint density at radius 1 is 0.742 bits per heavy atom. The number of methoxy groups -OCH3 is 3. The predicted molar refractivity (Wildman–Crippen MR) is 238 cm³/mol. The van der Waals surface area contributed by atoms with Gasteiger partial charge in [-0.3, -0.25) is 9.10 Å². The number of sulfonamides is 1. The van der Waals surface area contributed by atoms with Gasteiger partial charge in [-0.15, -0.1) is 0 Å². The number of fused-ring (bicyclic) bond motifs is 1. The molecule has 0 saturated carbocycles. The number of rotatable bonds is 27. The molecular weight excluding hydrogens is 815 g/mol. The Labute approximate surface area is 367 Å². The minimum absolute atomic E-state index is 0.0374. The molecule has 0 spiro atoms. The number of amides is 1. The first kappa shape index (κ1) is 49.4. The summed E-state index contributed by atoms with van der Waals surface area (Å²) in [6, 6.07) is 8.75. The fraction of sp³-hybridized carbons (Fsp3) is 0.565. The number of hydrogen-bond donors (Lipinski definition) is 1. The van der Waals surface area contributed by atoms with Gasteiger partial charge in [0.15, 0.2) is 23.3 Å². The van der Waals surface area contributed by atoms with Crippen LogP contribution in [0.5, 0.6) is 5.75 Å². The summed E-state index contributed by atoms with van der Waals surface area (Å²) in [5.41, 5.74) is -0.712. The molecule has 1 N–H and O–H groups in total. The summed E-state index contributed by atoms with van der Waals surface area (Å²) in [4.78, 5) is 63.0. The molecule has 2 aromatic carbocycles. The highest BCUT2D eigenvalue weighted by atomic mass is 32.2. The van der Waals surface area contributed by atoms with Gasteiger partial charge >= 0.3 is 17.9 Å². The van der Waals surface area contributed by atoms with E-state index in [-0.39, 0.29) is 52.5 Å². The monoisotopic (exact) mass is 879 g/mol. The van der Waals surface area contributed by atoms with Crippen LogP contribution in [0.15, 0.2) is 58.7 Å². The van der Waals surface area contributed by atoms with Crippen LogP contribution in [0.2, 0.25) is 0 Å². The van der Waals surface area contributed by atoms with Crippen LogP contribution < -0.4 is 10.1 Å². The number of imidazole rings is 1. The SMILES string of the molecule is CCCCCCCCCCCCCCCCCCN1C(C(C(=O)Nc2cc(C(=O)OCC(C)C)ccc2OC)n2cnc(C(=O)OC)c2C(=O)OC)=Nc2ccccc2S1(=O)=O. The third-order valence-corrected chi connectivity index (χ3v) is 12.6. The Morgan fingerprint density at radius 2 is 1.32 bits per heavy atom. The van der Waals surface area contributed by atoms with E-state index >= 15 is 0 Å². The van der Waals surface area contributed by atoms with E-state index in [0.717, 1.165) is 61.5 Å². The number of hydrogen-bond acceptors (Lipinski definition) is 12. The molecule has 340 valence electrons. The van der Waals surface area contributed by atoms with Gasteiger partial charge in [0, 0.05) is 6.54 Å². The Balaban J connectivity index is 1.62. The van der Waals surface area contributed by atoms with E-state index in [2.05, 4.69) is 17.2 Å². The topological polar surface area (TPSA) is 185 Å². The number of aliphatic imine (C=N–C) groups is 1. The van der Waals surface area contributed by atoms with E-state index in [1.807, 2.05) is 13.8 Å². The normalized spacial score (nSPS) is 13.5. The zero-order valence-electron chi connectivity index (χ0n) is 37.3. The molecule has 1 unspecified atom stereocenters. The van der Waals surface area contributed by atoms with Crippen LogP contribution in [-0.2, 0) is 29.0 Å². The zero-order valence-corrected chi connectivity index (χ0v) is 38.1. The molecule has 0 aliphatic carbocycles. The molecule has 1 amide bonds. The molecule has 4 rings (SSSR count). The Hall–Kier alpha value is -5.25. The summed E-state index contributed by atoms with van der Waals surface area (Å²) >= 11 is 0. The second kappa shape index (κ2) is 25.0. The lowest BCUT2D eigenvalue weighted by Gasteiger charge is -2.34. The van der Waals surface area contributed by atoms with Gasteiger partial charge in [-0.2, -0.15) is 0 Å². The number of esters is 3. The number of unbranched alkanes of at least 4 members (excludes halogenated alkanes) is 15. The van der Waals surface area contributed by atoms with Crippen molar-refractivity contribution in [1.29, 1.82) is 0 Å². The summed E-state index contributed by atoms with van der Waals surface area (Å²) in [5.74, 6) is -3.59. The lowest BCUT2D eigenvalue weighted by atomic mass is 10.0. The van der Waals surface area contributed by atoms with E-state index in [4.69, 9.17) is 23.9 Å². The minimum Gasteiger partial charge on any atom is -0.495 e. The highest BCUT2D eigenvalue weighted by Gasteiger charge is 2.43. The number of carbonyl (C=O) groups is 4. The van der Waals surface area contributed by atoms with Crippen molar-refractivity contribution in [3.05, 3.63) is 65.7 Å². The predicted octanol–water partition coefficient (Wildman–Crippen LogP) is 9.45. The average molecular weight is 880 g/mol. The first-order valence-corrected chi connectivity index (χ1v) is 23.4. The second-order valence-electron chi connectivity index (χ2n) is 15.9. The van der Waals surface area contributed by atoms with Crippen LogP contribution in [0.3, 0.4) is 0 Å². The van der Waals surface area contributed by atoms with Gasteiger partial charge in [-0.25, -0.2) is 32.8 Å². The molecule has 1 aliphatic heterocycles. The van der Waals surface area contributed by atoms with Crippen molar-refractivity contribution in [2.45, 2.75) is 134 Å². The van der Waals surface area contributed by atoms with Crippen molar-refractivity contribution in [2.24, 2.45) is 10.9 Å². The van der Waals surface area contributed by atoms with Crippen LogP contribution >= 0.6 is 0 Å². The standard InChI is InChI=1S/C46H65N5O10S/c1-7-8-9-10-11-12-13-14-15-16-17-18-19-20-21-24-29-51-42(48-35-25-22-23-26-38(35)62(51,56)57)41(50-32-47-39(45(54)59-5)40(50)46(55)60-6)43(52)49-36-30-34(27-28-37(36)58-4)44(53)61-31-33(2)3/h22-23,25-28,30,32-33,41H,7-21,24,29,31H2,1-6H3,(H,49,52). The molecule has 1 aromatic heterocycles. The number of nitrogens with one attached hydrogen (secondary N) is 1. The lowest BCUT2D eigenvalue weighted by molar-refractivity contribution is -0.117. The number of aromatic nitrogens is 2. The maximum absolute atomic E-state index is 14.9. The quantitative estimate of drug-likeness (QED) is 0.0437. The third kappa shape index (κ3) is 13.4.